The third-order valence-electron chi connectivity index (χ3n) is 4.23. The van der Waals surface area contributed by atoms with E-state index in [1.807, 2.05) is 0 Å². The number of piperidine rings is 1. The highest BCUT2D eigenvalue weighted by Gasteiger charge is 2.21. The molecule has 140 valence electrons. The summed E-state index contributed by atoms with van der Waals surface area (Å²) in [5.74, 6) is 1.61. The third kappa shape index (κ3) is 3.98. The zero-order valence-electron chi connectivity index (χ0n) is 14.8. The molecule has 0 aliphatic carbocycles. The van der Waals surface area contributed by atoms with Crippen LogP contribution in [0, 0.1) is 0 Å². The van der Waals surface area contributed by atoms with Crippen LogP contribution in [0.3, 0.4) is 0 Å². The molecule has 1 N–H and O–H groups in total. The van der Waals surface area contributed by atoms with Crippen molar-refractivity contribution in [3.05, 3.63) is 30.3 Å². The monoisotopic (exact) mass is 378 g/mol. The Labute approximate surface area is 153 Å². The highest BCUT2D eigenvalue weighted by Crippen LogP contribution is 2.29. The van der Waals surface area contributed by atoms with Gasteiger partial charge in [0.1, 0.15) is 16.4 Å². The summed E-state index contributed by atoms with van der Waals surface area (Å²) < 4.78 is 38.0. The number of rotatable bonds is 6. The Kier molecular flexibility index (Phi) is 5.46. The second-order valence-corrected chi connectivity index (χ2v) is 7.60. The van der Waals surface area contributed by atoms with Crippen molar-refractivity contribution in [2.24, 2.45) is 0 Å². The SMILES string of the molecule is COc1ccc(S(=O)(=O)Nc2ccc(N3CCCCC3)nn2)c(OC)c1. The third-order valence-corrected chi connectivity index (χ3v) is 5.62. The second-order valence-electron chi connectivity index (χ2n) is 5.95. The normalized spacial score (nSPS) is 14.8. The lowest BCUT2D eigenvalue weighted by Gasteiger charge is -2.27. The average Bonchev–Trinajstić information content (AvgIpc) is 2.68. The van der Waals surface area contributed by atoms with Crippen molar-refractivity contribution in [3.63, 3.8) is 0 Å². The van der Waals surface area contributed by atoms with Gasteiger partial charge < -0.3 is 14.4 Å². The molecule has 1 aromatic heterocycles. The molecule has 0 radical (unpaired) electrons. The van der Waals surface area contributed by atoms with Crippen LogP contribution >= 0.6 is 0 Å². The van der Waals surface area contributed by atoms with Crippen molar-refractivity contribution in [2.75, 3.05) is 36.9 Å². The Balaban J connectivity index is 1.79. The first kappa shape index (κ1) is 18.2. The number of ether oxygens (including phenoxy) is 2. The molecular formula is C17H22N4O4S. The van der Waals surface area contributed by atoms with E-state index in [1.54, 1.807) is 18.2 Å². The number of anilines is 2. The molecule has 2 aromatic rings. The van der Waals surface area contributed by atoms with Gasteiger partial charge in [-0.25, -0.2) is 8.42 Å². The van der Waals surface area contributed by atoms with Gasteiger partial charge in [-0.1, -0.05) is 0 Å². The van der Waals surface area contributed by atoms with Crippen LogP contribution in [0.2, 0.25) is 0 Å². The van der Waals surface area contributed by atoms with Crippen molar-refractivity contribution in [1.29, 1.82) is 0 Å². The van der Waals surface area contributed by atoms with Crippen LogP contribution in [-0.4, -0.2) is 45.9 Å². The van der Waals surface area contributed by atoms with Crippen molar-refractivity contribution in [3.8, 4) is 11.5 Å². The first-order chi connectivity index (χ1) is 12.5. The van der Waals surface area contributed by atoms with E-state index in [-0.39, 0.29) is 16.5 Å². The van der Waals surface area contributed by atoms with E-state index in [0.717, 1.165) is 31.7 Å². The van der Waals surface area contributed by atoms with Crippen LogP contribution in [0.5, 0.6) is 11.5 Å². The van der Waals surface area contributed by atoms with Crippen molar-refractivity contribution >= 4 is 21.7 Å². The molecule has 3 rings (SSSR count). The molecule has 0 saturated carbocycles. The number of sulfonamides is 1. The molecule has 0 unspecified atom stereocenters. The van der Waals surface area contributed by atoms with E-state index < -0.39 is 10.0 Å². The zero-order valence-corrected chi connectivity index (χ0v) is 15.6. The Bertz CT molecular complexity index is 850. The Morgan fingerprint density at radius 3 is 2.38 bits per heavy atom. The highest BCUT2D eigenvalue weighted by molar-refractivity contribution is 7.92. The largest absolute Gasteiger partial charge is 0.497 e. The fourth-order valence-electron chi connectivity index (χ4n) is 2.86. The smallest absolute Gasteiger partial charge is 0.266 e. The first-order valence-electron chi connectivity index (χ1n) is 8.37. The zero-order chi connectivity index (χ0) is 18.6. The molecule has 1 aromatic carbocycles. The van der Waals surface area contributed by atoms with Crippen LogP contribution in [0.4, 0.5) is 11.6 Å². The number of benzene rings is 1. The molecule has 1 saturated heterocycles. The predicted octanol–water partition coefficient (Wildman–Crippen LogP) is 2.28. The van der Waals surface area contributed by atoms with Gasteiger partial charge >= 0.3 is 0 Å². The van der Waals surface area contributed by atoms with E-state index in [1.165, 1.54) is 32.8 Å². The predicted molar refractivity (Wildman–Crippen MR) is 98.5 cm³/mol. The molecule has 0 spiro atoms. The van der Waals surface area contributed by atoms with E-state index in [2.05, 4.69) is 19.8 Å². The van der Waals surface area contributed by atoms with E-state index in [9.17, 15) is 8.42 Å². The Morgan fingerprint density at radius 1 is 1.00 bits per heavy atom. The molecule has 2 heterocycles. The minimum Gasteiger partial charge on any atom is -0.497 e. The molecule has 9 heteroatoms. The highest BCUT2D eigenvalue weighted by atomic mass is 32.2. The summed E-state index contributed by atoms with van der Waals surface area (Å²) >= 11 is 0. The fourth-order valence-corrected chi connectivity index (χ4v) is 4.01. The first-order valence-corrected chi connectivity index (χ1v) is 9.85. The maximum Gasteiger partial charge on any atom is 0.266 e. The quantitative estimate of drug-likeness (QED) is 0.824. The molecular weight excluding hydrogens is 356 g/mol. The second kappa shape index (κ2) is 7.77. The van der Waals surface area contributed by atoms with Gasteiger partial charge in [0.05, 0.1) is 14.2 Å². The maximum atomic E-state index is 12.7. The lowest BCUT2D eigenvalue weighted by Crippen LogP contribution is -2.30. The van der Waals surface area contributed by atoms with Crippen LogP contribution < -0.4 is 19.1 Å². The number of aromatic nitrogens is 2. The van der Waals surface area contributed by atoms with Crippen molar-refractivity contribution < 1.29 is 17.9 Å². The van der Waals surface area contributed by atoms with Gasteiger partial charge in [-0.2, -0.15) is 0 Å². The summed E-state index contributed by atoms with van der Waals surface area (Å²) in [4.78, 5) is 2.16. The molecule has 1 fully saturated rings. The topological polar surface area (TPSA) is 93.7 Å². The van der Waals surface area contributed by atoms with Gasteiger partial charge in [-0.3, -0.25) is 4.72 Å². The number of hydrogen-bond donors (Lipinski definition) is 1. The standard InChI is InChI=1S/C17H22N4O4S/c1-24-13-6-7-15(14(12-13)25-2)26(22,23)20-16-8-9-17(19-18-16)21-10-4-3-5-11-21/h6-9,12H,3-5,10-11H2,1-2H3,(H,18,20). The van der Waals surface area contributed by atoms with Gasteiger partial charge in [0.2, 0.25) is 0 Å². The van der Waals surface area contributed by atoms with Crippen molar-refractivity contribution in [1.82, 2.24) is 10.2 Å². The van der Waals surface area contributed by atoms with Crippen molar-refractivity contribution in [2.45, 2.75) is 24.2 Å². The fraction of sp³-hybridized carbons (Fsp3) is 0.412. The van der Waals surface area contributed by atoms with Crippen LogP contribution in [-0.2, 0) is 10.0 Å². The minimum absolute atomic E-state index is 0.00251. The molecule has 26 heavy (non-hydrogen) atoms. The van der Waals surface area contributed by atoms with Gasteiger partial charge in [0, 0.05) is 19.2 Å². The lowest BCUT2D eigenvalue weighted by molar-refractivity contribution is 0.386. The number of hydrogen-bond acceptors (Lipinski definition) is 7. The van der Waals surface area contributed by atoms with Gasteiger partial charge in [0.15, 0.2) is 11.6 Å². The van der Waals surface area contributed by atoms with Gasteiger partial charge in [0.25, 0.3) is 10.0 Å². The molecule has 1 aliphatic heterocycles. The molecule has 0 bridgehead atoms. The summed E-state index contributed by atoms with van der Waals surface area (Å²) in [6, 6.07) is 7.89. The molecule has 8 nitrogen and oxygen atoms in total. The molecule has 0 amide bonds. The summed E-state index contributed by atoms with van der Waals surface area (Å²) in [5.41, 5.74) is 0. The van der Waals surface area contributed by atoms with Crippen LogP contribution in [0.1, 0.15) is 19.3 Å². The molecule has 1 aliphatic rings. The van der Waals surface area contributed by atoms with Crippen LogP contribution in [0.25, 0.3) is 0 Å². The van der Waals surface area contributed by atoms with E-state index >= 15 is 0 Å². The van der Waals surface area contributed by atoms with E-state index in [0.29, 0.717) is 5.75 Å². The minimum atomic E-state index is -3.87. The summed E-state index contributed by atoms with van der Waals surface area (Å²) in [7, 11) is -0.961. The summed E-state index contributed by atoms with van der Waals surface area (Å²) in [6.45, 7) is 1.89. The summed E-state index contributed by atoms with van der Waals surface area (Å²) in [5, 5.41) is 8.15. The van der Waals surface area contributed by atoms with Gasteiger partial charge in [-0.05, 0) is 43.5 Å². The van der Waals surface area contributed by atoms with Crippen LogP contribution in [0.15, 0.2) is 35.2 Å². The molecule has 0 atom stereocenters. The van der Waals surface area contributed by atoms with E-state index in [4.69, 9.17) is 9.47 Å². The lowest BCUT2D eigenvalue weighted by atomic mass is 10.1. The summed E-state index contributed by atoms with van der Waals surface area (Å²) in [6.07, 6.45) is 3.49. The Hall–Kier alpha value is -2.55. The number of nitrogens with zero attached hydrogens (tertiary/aromatic N) is 3. The number of methoxy groups -OCH3 is 2. The average molecular weight is 378 g/mol. The maximum absolute atomic E-state index is 12.7. The Morgan fingerprint density at radius 2 is 1.77 bits per heavy atom. The number of nitrogens with one attached hydrogen (secondary N) is 1. The van der Waals surface area contributed by atoms with Gasteiger partial charge in [-0.15, -0.1) is 10.2 Å².